The van der Waals surface area contributed by atoms with E-state index in [2.05, 4.69) is 20.6 Å². The Balaban J connectivity index is 1.60. The number of hydrogen-bond acceptors (Lipinski definition) is 5. The predicted molar refractivity (Wildman–Crippen MR) is 75.8 cm³/mol. The maximum Gasteiger partial charge on any atom is 0.122 e. The quantitative estimate of drug-likeness (QED) is 0.600. The van der Waals surface area contributed by atoms with Crippen LogP contribution in [-0.4, -0.2) is 43.4 Å². The fourth-order valence-corrected chi connectivity index (χ4v) is 1.91. The summed E-state index contributed by atoms with van der Waals surface area (Å²) < 4.78 is 3.91. The van der Waals surface area contributed by atoms with Crippen molar-refractivity contribution in [3.8, 4) is 0 Å². The monoisotopic (exact) mass is 278 g/mol. The SMILES string of the molecule is Cn1ccnc1CNCC(O)CNCc1nccn1C. The lowest BCUT2D eigenvalue weighted by atomic mass is 10.3. The normalized spacial score (nSPS) is 11.4. The molecule has 0 atom stereocenters. The molecule has 0 amide bonds. The molecule has 2 aromatic rings. The second kappa shape index (κ2) is 7.18. The van der Waals surface area contributed by atoms with E-state index >= 15 is 0 Å². The van der Waals surface area contributed by atoms with Gasteiger partial charge in [-0.1, -0.05) is 0 Å². The first-order valence-electron chi connectivity index (χ1n) is 6.68. The smallest absolute Gasteiger partial charge is 0.122 e. The van der Waals surface area contributed by atoms with Gasteiger partial charge in [-0.05, 0) is 0 Å². The lowest BCUT2D eigenvalue weighted by molar-refractivity contribution is 0.167. The second-order valence-corrected chi connectivity index (χ2v) is 4.82. The summed E-state index contributed by atoms with van der Waals surface area (Å²) in [7, 11) is 3.91. The zero-order valence-corrected chi connectivity index (χ0v) is 12.0. The van der Waals surface area contributed by atoms with Gasteiger partial charge in [0, 0.05) is 52.0 Å². The van der Waals surface area contributed by atoms with Crippen LogP contribution in [0.1, 0.15) is 11.6 Å². The number of aryl methyl sites for hydroxylation is 2. The Hall–Kier alpha value is -1.70. The average molecular weight is 278 g/mol. The maximum atomic E-state index is 9.87. The second-order valence-electron chi connectivity index (χ2n) is 4.82. The highest BCUT2D eigenvalue weighted by atomic mass is 16.3. The molecule has 2 aromatic heterocycles. The van der Waals surface area contributed by atoms with Gasteiger partial charge in [-0.3, -0.25) is 0 Å². The maximum absolute atomic E-state index is 9.87. The molecule has 0 aliphatic rings. The van der Waals surface area contributed by atoms with Crippen molar-refractivity contribution in [3.05, 3.63) is 36.4 Å². The van der Waals surface area contributed by atoms with Crippen molar-refractivity contribution in [2.75, 3.05) is 13.1 Å². The van der Waals surface area contributed by atoms with Crippen LogP contribution in [0.2, 0.25) is 0 Å². The van der Waals surface area contributed by atoms with Crippen LogP contribution < -0.4 is 10.6 Å². The summed E-state index contributed by atoms with van der Waals surface area (Å²) in [5.41, 5.74) is 0. The van der Waals surface area contributed by atoms with Crippen LogP contribution >= 0.6 is 0 Å². The number of aromatic nitrogens is 4. The molecule has 0 saturated carbocycles. The molecule has 110 valence electrons. The minimum absolute atomic E-state index is 0.435. The lowest BCUT2D eigenvalue weighted by Crippen LogP contribution is -2.35. The molecule has 0 fully saturated rings. The van der Waals surface area contributed by atoms with E-state index in [4.69, 9.17) is 0 Å². The van der Waals surface area contributed by atoms with Crippen molar-refractivity contribution < 1.29 is 5.11 Å². The molecule has 7 nitrogen and oxygen atoms in total. The first-order chi connectivity index (χ1) is 9.66. The summed E-state index contributed by atoms with van der Waals surface area (Å²) >= 11 is 0. The van der Waals surface area contributed by atoms with Gasteiger partial charge in [0.1, 0.15) is 11.6 Å². The highest BCUT2D eigenvalue weighted by Gasteiger charge is 2.05. The van der Waals surface area contributed by atoms with E-state index in [9.17, 15) is 5.11 Å². The summed E-state index contributed by atoms with van der Waals surface area (Å²) in [5.74, 6) is 1.91. The molecule has 7 heteroatoms. The highest BCUT2D eigenvalue weighted by molar-refractivity contribution is 4.91. The van der Waals surface area contributed by atoms with Crippen LogP contribution in [0.15, 0.2) is 24.8 Å². The zero-order chi connectivity index (χ0) is 14.4. The lowest BCUT2D eigenvalue weighted by Gasteiger charge is -2.12. The Bertz CT molecular complexity index is 474. The number of hydrogen-bond donors (Lipinski definition) is 3. The molecule has 0 bridgehead atoms. The van der Waals surface area contributed by atoms with Crippen molar-refractivity contribution in [3.63, 3.8) is 0 Å². The number of imidazole rings is 2. The van der Waals surface area contributed by atoms with E-state index in [1.54, 1.807) is 12.4 Å². The summed E-state index contributed by atoms with van der Waals surface area (Å²) in [5, 5.41) is 16.2. The van der Waals surface area contributed by atoms with Gasteiger partial charge in [0.25, 0.3) is 0 Å². The Morgan fingerprint density at radius 3 is 1.80 bits per heavy atom. The molecule has 20 heavy (non-hydrogen) atoms. The van der Waals surface area contributed by atoms with Gasteiger partial charge in [-0.2, -0.15) is 0 Å². The largest absolute Gasteiger partial charge is 0.390 e. The molecule has 0 radical (unpaired) electrons. The molecule has 3 N–H and O–H groups in total. The van der Waals surface area contributed by atoms with E-state index < -0.39 is 6.10 Å². The standard InChI is InChI=1S/C13H22N6O/c1-18-5-3-16-12(18)9-14-7-11(20)8-15-10-13-17-4-6-19(13)2/h3-6,11,14-15,20H,7-10H2,1-2H3. The van der Waals surface area contributed by atoms with Gasteiger partial charge in [0.05, 0.1) is 19.2 Å². The number of aliphatic hydroxyl groups is 1. The summed E-state index contributed by atoms with van der Waals surface area (Å²) in [6.07, 6.45) is 6.91. The van der Waals surface area contributed by atoms with Crippen LogP contribution in [-0.2, 0) is 27.2 Å². The highest BCUT2D eigenvalue weighted by Crippen LogP contribution is 1.94. The summed E-state index contributed by atoms with van der Waals surface area (Å²) in [6.45, 7) is 2.36. The Morgan fingerprint density at radius 1 is 1.00 bits per heavy atom. The molecule has 0 saturated heterocycles. The van der Waals surface area contributed by atoms with Crippen molar-refractivity contribution in [2.24, 2.45) is 14.1 Å². The topological polar surface area (TPSA) is 79.9 Å². The van der Waals surface area contributed by atoms with Crippen LogP contribution in [0.5, 0.6) is 0 Å². The molecular weight excluding hydrogens is 256 g/mol. The molecule has 0 spiro atoms. The van der Waals surface area contributed by atoms with Gasteiger partial charge in [0.15, 0.2) is 0 Å². The third kappa shape index (κ3) is 4.16. The Kier molecular flexibility index (Phi) is 5.28. The van der Waals surface area contributed by atoms with Gasteiger partial charge in [-0.15, -0.1) is 0 Å². The Morgan fingerprint density at radius 2 is 1.45 bits per heavy atom. The molecular formula is C13H22N6O. The average Bonchev–Trinajstić information content (AvgIpc) is 3.00. The molecule has 0 aliphatic carbocycles. The number of nitrogens with zero attached hydrogens (tertiary/aromatic N) is 4. The Labute approximate surface area is 118 Å². The van der Waals surface area contributed by atoms with E-state index in [1.165, 1.54) is 0 Å². The van der Waals surface area contributed by atoms with E-state index in [-0.39, 0.29) is 0 Å². The van der Waals surface area contributed by atoms with E-state index in [0.29, 0.717) is 26.2 Å². The van der Waals surface area contributed by atoms with Gasteiger partial charge < -0.3 is 24.9 Å². The number of nitrogens with one attached hydrogen (secondary N) is 2. The van der Waals surface area contributed by atoms with Gasteiger partial charge in [-0.25, -0.2) is 9.97 Å². The van der Waals surface area contributed by atoms with E-state index in [1.807, 2.05) is 35.6 Å². The van der Waals surface area contributed by atoms with Crippen molar-refractivity contribution in [2.45, 2.75) is 19.2 Å². The van der Waals surface area contributed by atoms with Crippen LogP contribution in [0.4, 0.5) is 0 Å². The van der Waals surface area contributed by atoms with Crippen LogP contribution in [0, 0.1) is 0 Å². The number of rotatable bonds is 8. The van der Waals surface area contributed by atoms with Crippen molar-refractivity contribution >= 4 is 0 Å². The fraction of sp³-hybridized carbons (Fsp3) is 0.538. The fourth-order valence-electron chi connectivity index (χ4n) is 1.91. The van der Waals surface area contributed by atoms with E-state index in [0.717, 1.165) is 11.6 Å². The van der Waals surface area contributed by atoms with Crippen molar-refractivity contribution in [1.82, 2.24) is 29.7 Å². The van der Waals surface area contributed by atoms with Crippen LogP contribution in [0.25, 0.3) is 0 Å². The van der Waals surface area contributed by atoms with Gasteiger partial charge in [0.2, 0.25) is 0 Å². The first kappa shape index (κ1) is 14.7. The molecule has 0 aromatic carbocycles. The molecule has 2 heterocycles. The minimum atomic E-state index is -0.435. The third-order valence-electron chi connectivity index (χ3n) is 3.17. The van der Waals surface area contributed by atoms with Gasteiger partial charge >= 0.3 is 0 Å². The first-order valence-corrected chi connectivity index (χ1v) is 6.68. The summed E-state index contributed by atoms with van der Waals surface area (Å²) in [4.78, 5) is 8.42. The molecule has 0 aliphatic heterocycles. The van der Waals surface area contributed by atoms with Crippen LogP contribution in [0.3, 0.4) is 0 Å². The predicted octanol–water partition coefficient (Wildman–Crippen LogP) is -0.606. The zero-order valence-electron chi connectivity index (χ0n) is 12.0. The number of aliphatic hydroxyl groups excluding tert-OH is 1. The minimum Gasteiger partial charge on any atom is -0.390 e. The molecule has 0 unspecified atom stereocenters. The molecule has 2 rings (SSSR count). The van der Waals surface area contributed by atoms with Crippen molar-refractivity contribution in [1.29, 1.82) is 0 Å². The summed E-state index contributed by atoms with van der Waals surface area (Å²) in [6, 6.07) is 0. The third-order valence-corrected chi connectivity index (χ3v) is 3.17.